The number of rotatable bonds is 5. The lowest BCUT2D eigenvalue weighted by Gasteiger charge is -2.24. The fourth-order valence-electron chi connectivity index (χ4n) is 3.23. The lowest BCUT2D eigenvalue weighted by atomic mass is 10.1. The van der Waals surface area contributed by atoms with Crippen molar-refractivity contribution in [1.29, 1.82) is 0 Å². The highest BCUT2D eigenvalue weighted by Gasteiger charge is 2.32. The molecule has 3 rings (SSSR count). The predicted molar refractivity (Wildman–Crippen MR) is 108 cm³/mol. The molecule has 1 aliphatic rings. The van der Waals surface area contributed by atoms with Crippen LogP contribution in [0.1, 0.15) is 57.6 Å². The van der Waals surface area contributed by atoms with Crippen LogP contribution >= 0.6 is 11.3 Å². The van der Waals surface area contributed by atoms with Crippen molar-refractivity contribution < 1.29 is 9.59 Å². The van der Waals surface area contributed by atoms with E-state index in [2.05, 4.69) is 10.3 Å². The largest absolute Gasteiger partial charge is 0.373 e. The second-order valence-corrected chi connectivity index (χ2v) is 8.16. The maximum Gasteiger partial charge on any atom is 0.263 e. The van der Waals surface area contributed by atoms with Crippen molar-refractivity contribution >= 4 is 29.0 Å². The van der Waals surface area contributed by atoms with E-state index >= 15 is 0 Å². The number of carbonyl (C=O) groups excluding carboxylic acids is 2. The normalized spacial score (nSPS) is 16.6. The average Bonchev–Trinajstić information content (AvgIpc) is 3.35. The molecule has 2 amide bonds. The minimum Gasteiger partial charge on any atom is -0.373 e. The summed E-state index contributed by atoms with van der Waals surface area (Å²) in [6, 6.07) is 7.58. The zero-order valence-electron chi connectivity index (χ0n) is 16.2. The van der Waals surface area contributed by atoms with Crippen LogP contribution in [0.4, 0.5) is 5.82 Å². The lowest BCUT2D eigenvalue weighted by molar-refractivity contribution is 0.0736. The van der Waals surface area contributed by atoms with E-state index in [1.807, 2.05) is 37.9 Å². The van der Waals surface area contributed by atoms with Crippen molar-refractivity contribution in [1.82, 2.24) is 14.8 Å². The summed E-state index contributed by atoms with van der Waals surface area (Å²) in [5, 5.41) is 2.97. The Kier molecular flexibility index (Phi) is 5.79. The van der Waals surface area contributed by atoms with Gasteiger partial charge in [0.2, 0.25) is 0 Å². The maximum atomic E-state index is 13.0. The molecule has 1 atom stereocenters. The van der Waals surface area contributed by atoms with Gasteiger partial charge >= 0.3 is 0 Å². The number of hydrogen-bond donors (Lipinski definition) is 1. The van der Waals surface area contributed by atoms with Crippen molar-refractivity contribution in [2.24, 2.45) is 0 Å². The van der Waals surface area contributed by atoms with Gasteiger partial charge in [-0.15, -0.1) is 11.3 Å². The number of pyridine rings is 1. The van der Waals surface area contributed by atoms with Crippen LogP contribution < -0.4 is 5.32 Å². The summed E-state index contributed by atoms with van der Waals surface area (Å²) in [5.41, 5.74) is 0.633. The van der Waals surface area contributed by atoms with Crippen molar-refractivity contribution in [3.8, 4) is 0 Å². The van der Waals surface area contributed by atoms with Gasteiger partial charge in [0.05, 0.1) is 10.9 Å². The molecular weight excluding hydrogens is 360 g/mol. The summed E-state index contributed by atoms with van der Waals surface area (Å²) in [4.78, 5) is 35.2. The second-order valence-electron chi connectivity index (χ2n) is 7.05. The average molecular weight is 387 g/mol. The van der Waals surface area contributed by atoms with Gasteiger partial charge in [0.1, 0.15) is 5.82 Å². The Morgan fingerprint density at radius 3 is 2.81 bits per heavy atom. The van der Waals surface area contributed by atoms with Crippen LogP contribution in [0.15, 0.2) is 30.5 Å². The SMILES string of the molecule is CNc1cc(C(=O)N2CCCC2c2ccc(C(=O)N(C)C(C)C)s2)ccn1. The van der Waals surface area contributed by atoms with Crippen LogP contribution in [0.25, 0.3) is 0 Å². The summed E-state index contributed by atoms with van der Waals surface area (Å²) in [6.07, 6.45) is 3.53. The van der Waals surface area contributed by atoms with E-state index in [-0.39, 0.29) is 23.9 Å². The number of aromatic nitrogens is 1. The molecule has 0 spiro atoms. The van der Waals surface area contributed by atoms with Crippen LogP contribution in [0, 0.1) is 0 Å². The number of hydrogen-bond acceptors (Lipinski definition) is 5. The van der Waals surface area contributed by atoms with E-state index in [0.717, 1.165) is 29.1 Å². The zero-order chi connectivity index (χ0) is 19.6. The summed E-state index contributed by atoms with van der Waals surface area (Å²) in [6.45, 7) is 4.73. The Balaban J connectivity index is 1.80. The molecule has 1 saturated heterocycles. The highest BCUT2D eigenvalue weighted by atomic mass is 32.1. The van der Waals surface area contributed by atoms with E-state index < -0.39 is 0 Å². The third-order valence-electron chi connectivity index (χ3n) is 5.04. The molecule has 0 aliphatic carbocycles. The first-order valence-corrected chi connectivity index (χ1v) is 10.1. The molecule has 7 heteroatoms. The van der Waals surface area contributed by atoms with E-state index in [4.69, 9.17) is 0 Å². The molecule has 0 saturated carbocycles. The summed E-state index contributed by atoms with van der Waals surface area (Å²) >= 11 is 1.50. The Morgan fingerprint density at radius 2 is 2.11 bits per heavy atom. The molecule has 1 N–H and O–H groups in total. The Bertz CT molecular complexity index is 833. The number of nitrogens with zero attached hydrogens (tertiary/aromatic N) is 3. The fraction of sp³-hybridized carbons (Fsp3) is 0.450. The van der Waals surface area contributed by atoms with Gasteiger partial charge in [-0.05, 0) is 51.0 Å². The smallest absolute Gasteiger partial charge is 0.263 e. The van der Waals surface area contributed by atoms with Gasteiger partial charge in [-0.25, -0.2) is 4.98 Å². The van der Waals surface area contributed by atoms with Gasteiger partial charge in [0, 0.05) is 43.3 Å². The van der Waals surface area contributed by atoms with Crippen molar-refractivity contribution in [2.75, 3.05) is 26.0 Å². The first kappa shape index (κ1) is 19.4. The minimum absolute atomic E-state index is 0.0111. The molecule has 0 bridgehead atoms. The van der Waals surface area contributed by atoms with Crippen LogP contribution in [0.5, 0.6) is 0 Å². The van der Waals surface area contributed by atoms with Gasteiger partial charge in [-0.1, -0.05) is 0 Å². The van der Waals surface area contributed by atoms with Crippen LogP contribution in [-0.4, -0.2) is 53.3 Å². The highest BCUT2D eigenvalue weighted by Crippen LogP contribution is 2.37. The third kappa shape index (κ3) is 3.98. The minimum atomic E-state index is 0.0111. The second kappa shape index (κ2) is 8.08. The summed E-state index contributed by atoms with van der Waals surface area (Å²) in [5.74, 6) is 0.722. The standard InChI is InChI=1S/C20H26N4O2S/c1-13(2)23(4)20(26)17-8-7-16(27-17)15-6-5-11-24(15)19(25)14-9-10-22-18(12-14)21-3/h7-10,12-13,15H,5-6,11H2,1-4H3,(H,21,22). The van der Waals surface area contributed by atoms with Gasteiger partial charge in [-0.3, -0.25) is 9.59 Å². The summed E-state index contributed by atoms with van der Waals surface area (Å²) < 4.78 is 0. The molecular formula is C20H26N4O2S. The molecule has 0 radical (unpaired) electrons. The maximum absolute atomic E-state index is 13.0. The van der Waals surface area contributed by atoms with Crippen LogP contribution in [-0.2, 0) is 0 Å². The first-order chi connectivity index (χ1) is 12.9. The Labute approximate surface area is 164 Å². The van der Waals surface area contributed by atoms with Crippen molar-refractivity contribution in [3.63, 3.8) is 0 Å². The Morgan fingerprint density at radius 1 is 1.33 bits per heavy atom. The molecule has 2 aromatic rings. The number of carbonyl (C=O) groups is 2. The van der Waals surface area contributed by atoms with E-state index in [1.165, 1.54) is 11.3 Å². The monoisotopic (exact) mass is 386 g/mol. The molecule has 1 unspecified atom stereocenters. The van der Waals surface area contributed by atoms with Crippen LogP contribution in [0.3, 0.4) is 0 Å². The number of likely N-dealkylation sites (tertiary alicyclic amines) is 1. The highest BCUT2D eigenvalue weighted by molar-refractivity contribution is 7.14. The molecule has 2 aromatic heterocycles. The number of thiophene rings is 1. The molecule has 6 nitrogen and oxygen atoms in total. The summed E-state index contributed by atoms with van der Waals surface area (Å²) in [7, 11) is 3.61. The van der Waals surface area contributed by atoms with E-state index in [9.17, 15) is 9.59 Å². The molecule has 27 heavy (non-hydrogen) atoms. The molecule has 0 aromatic carbocycles. The zero-order valence-corrected chi connectivity index (χ0v) is 17.0. The van der Waals surface area contributed by atoms with Gasteiger partial charge in [0.15, 0.2) is 0 Å². The molecule has 144 valence electrons. The van der Waals surface area contributed by atoms with Crippen molar-refractivity contribution in [3.05, 3.63) is 45.8 Å². The first-order valence-electron chi connectivity index (χ1n) is 9.24. The van der Waals surface area contributed by atoms with Gasteiger partial charge in [-0.2, -0.15) is 0 Å². The van der Waals surface area contributed by atoms with Crippen LogP contribution in [0.2, 0.25) is 0 Å². The quantitative estimate of drug-likeness (QED) is 0.852. The fourth-order valence-corrected chi connectivity index (χ4v) is 4.37. The lowest BCUT2D eigenvalue weighted by Crippen LogP contribution is -2.32. The predicted octanol–water partition coefficient (Wildman–Crippen LogP) is 3.64. The van der Waals surface area contributed by atoms with E-state index in [0.29, 0.717) is 11.4 Å². The molecule has 3 heterocycles. The molecule has 1 fully saturated rings. The number of nitrogens with one attached hydrogen (secondary N) is 1. The third-order valence-corrected chi connectivity index (χ3v) is 6.21. The van der Waals surface area contributed by atoms with Gasteiger partial charge in [0.25, 0.3) is 11.8 Å². The molecule has 1 aliphatic heterocycles. The topological polar surface area (TPSA) is 65.5 Å². The van der Waals surface area contributed by atoms with E-state index in [1.54, 1.807) is 30.3 Å². The number of anilines is 1. The van der Waals surface area contributed by atoms with Crippen molar-refractivity contribution in [2.45, 2.75) is 38.8 Å². The number of amides is 2. The van der Waals surface area contributed by atoms with Gasteiger partial charge < -0.3 is 15.1 Å². The Hall–Kier alpha value is -2.41.